The van der Waals surface area contributed by atoms with Gasteiger partial charge >= 0.3 is 12.1 Å². The fourth-order valence-corrected chi connectivity index (χ4v) is 4.83. The topological polar surface area (TPSA) is 122 Å². The molecule has 1 fully saturated rings. The van der Waals surface area contributed by atoms with Crippen LogP contribution in [0.15, 0.2) is 36.9 Å². The summed E-state index contributed by atoms with van der Waals surface area (Å²) in [5.74, 6) is -1.97. The Labute approximate surface area is 216 Å². The van der Waals surface area contributed by atoms with Crippen LogP contribution in [0.25, 0.3) is 0 Å². The maximum absolute atomic E-state index is 13.4. The number of carboxylic acids is 1. The average molecular weight is 535 g/mol. The molecule has 3 aromatic heterocycles. The molecule has 2 aliphatic heterocycles. The number of alkyl halides is 3. The zero-order valence-corrected chi connectivity index (χ0v) is 21.3. The minimum Gasteiger partial charge on any atom is -0.475 e. The monoisotopic (exact) mass is 534 g/mol. The van der Waals surface area contributed by atoms with E-state index in [1.165, 1.54) is 0 Å². The Balaban J connectivity index is 0.000000426. The molecule has 0 aliphatic carbocycles. The summed E-state index contributed by atoms with van der Waals surface area (Å²) >= 11 is 0. The third-order valence-corrected chi connectivity index (χ3v) is 6.82. The van der Waals surface area contributed by atoms with Gasteiger partial charge in [0.25, 0.3) is 5.91 Å². The van der Waals surface area contributed by atoms with Crippen molar-refractivity contribution in [2.45, 2.75) is 50.9 Å². The Bertz CT molecular complexity index is 1280. The lowest BCUT2D eigenvalue weighted by Gasteiger charge is -2.46. The quantitative estimate of drug-likeness (QED) is 0.545. The summed E-state index contributed by atoms with van der Waals surface area (Å²) in [6.07, 6.45) is 4.09. The maximum Gasteiger partial charge on any atom is 0.490 e. The van der Waals surface area contributed by atoms with Gasteiger partial charge in [0, 0.05) is 75.0 Å². The number of anilines is 1. The first-order valence-corrected chi connectivity index (χ1v) is 12.1. The number of nitrogens with zero attached hydrogens (tertiary/aromatic N) is 8. The van der Waals surface area contributed by atoms with Gasteiger partial charge in [-0.25, -0.2) is 14.8 Å². The van der Waals surface area contributed by atoms with Gasteiger partial charge in [-0.1, -0.05) is 0 Å². The molecular weight excluding hydrogens is 505 g/mol. The molecule has 204 valence electrons. The Morgan fingerprint density at radius 3 is 2.26 bits per heavy atom. The number of carbonyl (C=O) groups excluding carboxylic acids is 1. The number of hydrogen-bond acceptors (Lipinski definition) is 7. The number of aliphatic carboxylic acids is 1. The largest absolute Gasteiger partial charge is 0.490 e. The SMILES string of the molecule is CC(C)n1cc2c(n1)C1(CCN(c3ncccn3)CC1)CN(C(=O)c1ccnn1C)C2.O=C(O)C(F)(F)F. The van der Waals surface area contributed by atoms with Crippen LogP contribution in [0.5, 0.6) is 0 Å². The molecule has 1 spiro atoms. The summed E-state index contributed by atoms with van der Waals surface area (Å²) in [6, 6.07) is 3.90. The first-order chi connectivity index (χ1) is 17.9. The molecule has 0 aromatic carbocycles. The van der Waals surface area contributed by atoms with Crippen LogP contribution < -0.4 is 4.90 Å². The van der Waals surface area contributed by atoms with Crippen LogP contribution in [0.3, 0.4) is 0 Å². The summed E-state index contributed by atoms with van der Waals surface area (Å²) in [5.41, 5.74) is 2.77. The normalized spacial score (nSPS) is 16.7. The van der Waals surface area contributed by atoms with Gasteiger partial charge in [-0.2, -0.15) is 23.4 Å². The molecule has 38 heavy (non-hydrogen) atoms. The van der Waals surface area contributed by atoms with Crippen LogP contribution in [-0.2, 0) is 23.8 Å². The number of piperidine rings is 1. The molecule has 1 amide bonds. The van der Waals surface area contributed by atoms with Gasteiger partial charge in [0.2, 0.25) is 5.95 Å². The van der Waals surface area contributed by atoms with E-state index in [-0.39, 0.29) is 17.4 Å². The maximum atomic E-state index is 13.4. The zero-order chi connectivity index (χ0) is 27.7. The van der Waals surface area contributed by atoms with Crippen molar-refractivity contribution in [1.82, 2.24) is 34.4 Å². The number of rotatable bonds is 3. The number of aryl methyl sites for hydroxylation is 1. The van der Waals surface area contributed by atoms with Crippen LogP contribution >= 0.6 is 0 Å². The minimum absolute atomic E-state index is 0.0242. The van der Waals surface area contributed by atoms with E-state index >= 15 is 0 Å². The molecule has 0 unspecified atom stereocenters. The minimum atomic E-state index is -5.08. The summed E-state index contributed by atoms with van der Waals surface area (Å²) in [6.45, 7) is 7.21. The Morgan fingerprint density at radius 2 is 1.74 bits per heavy atom. The van der Waals surface area contributed by atoms with Crippen LogP contribution in [0.2, 0.25) is 0 Å². The van der Waals surface area contributed by atoms with Crippen molar-refractivity contribution >= 4 is 17.8 Å². The van der Waals surface area contributed by atoms with Crippen LogP contribution in [0.4, 0.5) is 19.1 Å². The third-order valence-electron chi connectivity index (χ3n) is 6.82. The van der Waals surface area contributed by atoms with Crippen LogP contribution in [0, 0.1) is 0 Å². The number of carboxylic acid groups (broad SMARTS) is 1. The van der Waals surface area contributed by atoms with Crippen molar-refractivity contribution in [3.05, 3.63) is 53.9 Å². The van der Waals surface area contributed by atoms with E-state index in [0.29, 0.717) is 18.8 Å². The number of hydrogen-bond donors (Lipinski definition) is 1. The lowest BCUT2D eigenvalue weighted by molar-refractivity contribution is -0.192. The highest BCUT2D eigenvalue weighted by molar-refractivity contribution is 5.92. The van der Waals surface area contributed by atoms with Gasteiger partial charge in [-0.15, -0.1) is 0 Å². The number of halogens is 3. The van der Waals surface area contributed by atoms with Crippen molar-refractivity contribution in [2.75, 3.05) is 24.5 Å². The second-order valence-corrected chi connectivity index (χ2v) is 9.70. The molecule has 0 saturated carbocycles. The molecule has 2 aliphatic rings. The van der Waals surface area contributed by atoms with E-state index in [1.54, 1.807) is 29.3 Å². The highest BCUT2D eigenvalue weighted by atomic mass is 19.4. The van der Waals surface area contributed by atoms with Gasteiger partial charge in [0.05, 0.1) is 5.69 Å². The van der Waals surface area contributed by atoms with Crippen LogP contribution in [0.1, 0.15) is 54.5 Å². The van der Waals surface area contributed by atoms with Gasteiger partial charge < -0.3 is 14.9 Å². The number of aromatic nitrogens is 6. The molecule has 5 heterocycles. The third kappa shape index (κ3) is 5.48. The predicted octanol–water partition coefficient (Wildman–Crippen LogP) is 2.82. The van der Waals surface area contributed by atoms with Gasteiger partial charge in [0.15, 0.2) is 0 Å². The number of carbonyl (C=O) groups is 2. The first-order valence-electron chi connectivity index (χ1n) is 12.1. The molecule has 3 aromatic rings. The molecule has 11 nitrogen and oxygen atoms in total. The fraction of sp³-hybridized carbons (Fsp3) is 0.500. The standard InChI is InChI=1S/C22H28N8O.C2HF3O2/c1-16(2)30-14-17-13-29(20(31)18-5-10-25-27(18)3)15-22(19(17)26-30)6-11-28(12-7-22)21-23-8-4-9-24-21;3-2(4,5)1(6)7/h4-5,8-10,14,16H,6-7,11-13,15H2,1-3H3;(H,6,7). The molecule has 0 bridgehead atoms. The van der Waals surface area contributed by atoms with E-state index < -0.39 is 12.1 Å². The first kappa shape index (κ1) is 27.1. The number of amides is 1. The molecule has 0 radical (unpaired) electrons. The van der Waals surface area contributed by atoms with Crippen molar-refractivity contribution in [3.63, 3.8) is 0 Å². The Hall–Kier alpha value is -3.97. The van der Waals surface area contributed by atoms with Gasteiger partial charge in [-0.3, -0.25) is 14.2 Å². The number of fused-ring (bicyclic) bond motifs is 2. The average Bonchev–Trinajstić information content (AvgIpc) is 3.51. The lowest BCUT2D eigenvalue weighted by Crippen LogP contribution is -2.53. The molecule has 1 saturated heterocycles. The van der Waals surface area contributed by atoms with Crippen molar-refractivity contribution < 1.29 is 27.9 Å². The Morgan fingerprint density at radius 1 is 1.11 bits per heavy atom. The summed E-state index contributed by atoms with van der Waals surface area (Å²) < 4.78 is 35.4. The molecular formula is C24H29F3N8O3. The zero-order valence-electron chi connectivity index (χ0n) is 21.3. The van der Waals surface area contributed by atoms with E-state index in [0.717, 1.165) is 43.1 Å². The second kappa shape index (κ2) is 10.4. The molecule has 0 atom stereocenters. The van der Waals surface area contributed by atoms with Crippen molar-refractivity contribution in [2.24, 2.45) is 7.05 Å². The van der Waals surface area contributed by atoms with Gasteiger partial charge in [0.1, 0.15) is 5.69 Å². The van der Waals surface area contributed by atoms with Crippen molar-refractivity contribution in [3.8, 4) is 0 Å². The van der Waals surface area contributed by atoms with E-state index in [1.807, 2.05) is 22.7 Å². The molecule has 5 rings (SSSR count). The van der Waals surface area contributed by atoms with E-state index in [2.05, 4.69) is 40.0 Å². The summed E-state index contributed by atoms with van der Waals surface area (Å²) in [7, 11) is 1.81. The van der Waals surface area contributed by atoms with Gasteiger partial charge in [-0.05, 0) is 38.8 Å². The van der Waals surface area contributed by atoms with Crippen LogP contribution in [-0.4, -0.2) is 77.2 Å². The molecule has 1 N–H and O–H groups in total. The molecule has 14 heteroatoms. The summed E-state index contributed by atoms with van der Waals surface area (Å²) in [4.78, 5) is 35.3. The van der Waals surface area contributed by atoms with Crippen molar-refractivity contribution in [1.29, 1.82) is 0 Å². The fourth-order valence-electron chi connectivity index (χ4n) is 4.83. The van der Waals surface area contributed by atoms with E-state index in [4.69, 9.17) is 15.0 Å². The Kier molecular flexibility index (Phi) is 7.42. The second-order valence-electron chi connectivity index (χ2n) is 9.70. The predicted molar refractivity (Wildman–Crippen MR) is 129 cm³/mol. The lowest BCUT2D eigenvalue weighted by atomic mass is 9.72. The summed E-state index contributed by atoms with van der Waals surface area (Å²) in [5, 5.41) is 16.3. The van der Waals surface area contributed by atoms with E-state index in [9.17, 15) is 18.0 Å². The highest BCUT2D eigenvalue weighted by Crippen LogP contribution is 2.42. The smallest absolute Gasteiger partial charge is 0.475 e. The highest BCUT2D eigenvalue weighted by Gasteiger charge is 2.46.